The van der Waals surface area contributed by atoms with E-state index in [-0.39, 0.29) is 0 Å². The summed E-state index contributed by atoms with van der Waals surface area (Å²) in [4.78, 5) is 21.8. The molecule has 32 heavy (non-hydrogen) atoms. The fraction of sp³-hybridized carbons (Fsp3) is 0.227. The van der Waals surface area contributed by atoms with Crippen molar-refractivity contribution in [2.45, 2.75) is 18.4 Å². The maximum Gasteiger partial charge on any atom is 0.328 e. The Hall–Kier alpha value is -3.03. The van der Waals surface area contributed by atoms with Crippen molar-refractivity contribution in [3.05, 3.63) is 64.7 Å². The van der Waals surface area contributed by atoms with Crippen LogP contribution in [-0.2, 0) is 27.3 Å². The van der Waals surface area contributed by atoms with Crippen molar-refractivity contribution in [3.8, 4) is 17.6 Å². The lowest BCUT2D eigenvalue weighted by Crippen LogP contribution is -2.16. The predicted octanol–water partition coefficient (Wildman–Crippen LogP) is 3.90. The number of nitriles is 1. The van der Waals surface area contributed by atoms with Crippen LogP contribution in [0.1, 0.15) is 18.1 Å². The van der Waals surface area contributed by atoms with E-state index < -0.39 is 23.1 Å². The Morgan fingerprint density at radius 2 is 1.81 bits per heavy atom. The van der Waals surface area contributed by atoms with Crippen LogP contribution in [0.25, 0.3) is 0 Å². The number of carboxylic acid groups (broad SMARTS) is 2. The van der Waals surface area contributed by atoms with Gasteiger partial charge in [-0.2, -0.15) is 5.26 Å². The Balaban J connectivity index is 0.000000547. The number of benzene rings is 2. The van der Waals surface area contributed by atoms with Gasteiger partial charge in [0.2, 0.25) is 0 Å². The molecule has 170 valence electrons. The largest absolute Gasteiger partial charge is 0.611 e. The molecule has 0 saturated carbocycles. The number of aliphatic carboxylic acids is 2. The van der Waals surface area contributed by atoms with Crippen molar-refractivity contribution < 1.29 is 29.1 Å². The molecule has 0 amide bonds. The second-order valence-electron chi connectivity index (χ2n) is 6.48. The van der Waals surface area contributed by atoms with Crippen LogP contribution in [-0.4, -0.2) is 51.5 Å². The highest BCUT2D eigenvalue weighted by Gasteiger charge is 2.22. The van der Waals surface area contributed by atoms with E-state index in [4.69, 9.17) is 26.6 Å². The van der Waals surface area contributed by atoms with E-state index in [9.17, 15) is 19.4 Å². The zero-order chi connectivity index (χ0) is 24.3. The molecule has 0 aromatic heterocycles. The summed E-state index contributed by atoms with van der Waals surface area (Å²) in [7, 11) is 3.91. The highest BCUT2D eigenvalue weighted by atomic mass is 35.5. The van der Waals surface area contributed by atoms with Gasteiger partial charge in [-0.1, -0.05) is 23.7 Å². The minimum atomic E-state index is -1.26. The van der Waals surface area contributed by atoms with Gasteiger partial charge in [-0.25, -0.2) is 9.59 Å². The molecule has 0 bridgehead atoms. The van der Waals surface area contributed by atoms with E-state index in [1.165, 1.54) is 0 Å². The minimum absolute atomic E-state index is 0.362. The van der Waals surface area contributed by atoms with E-state index >= 15 is 0 Å². The topological polar surface area (TPSA) is 134 Å². The Bertz CT molecular complexity index is 1000. The van der Waals surface area contributed by atoms with Crippen LogP contribution >= 0.6 is 11.6 Å². The maximum absolute atomic E-state index is 12.6. The first-order valence-corrected chi connectivity index (χ1v) is 10.9. The Labute approximate surface area is 194 Å². The van der Waals surface area contributed by atoms with E-state index in [2.05, 4.69) is 6.07 Å². The number of ether oxygens (including phenoxy) is 1. The maximum atomic E-state index is 12.6. The quantitative estimate of drug-likeness (QED) is 0.431. The van der Waals surface area contributed by atoms with Crippen LogP contribution < -0.4 is 4.74 Å². The lowest BCUT2D eigenvalue weighted by molar-refractivity contribution is -0.134. The lowest BCUT2D eigenvalue weighted by atomic mass is 10.2. The molecule has 1 unspecified atom stereocenters. The highest BCUT2D eigenvalue weighted by Crippen LogP contribution is 2.35. The van der Waals surface area contributed by atoms with Crippen LogP contribution in [0.5, 0.6) is 11.5 Å². The Morgan fingerprint density at radius 3 is 2.31 bits per heavy atom. The molecule has 0 fully saturated rings. The Kier molecular flexibility index (Phi) is 11.3. The standard InChI is InChI=1S/C18H19ClN2O2S.C4H4O4/c1-4-24(22)18-14(12-21(2)3)6-5-7-16(18)23-17-10-15(19)9-8-13(17)11-20;5-3(6)1-2-4(7)8/h5-10H,4,12H2,1-3H3;1-2H,(H,5,6)(H,7,8)/b;2-1+. The van der Waals surface area contributed by atoms with Gasteiger partial charge in [0, 0.05) is 35.3 Å². The molecule has 10 heteroatoms. The second-order valence-corrected chi connectivity index (χ2v) is 8.59. The smallest absolute Gasteiger partial charge is 0.328 e. The van der Waals surface area contributed by atoms with Gasteiger partial charge in [0.05, 0.1) is 5.56 Å². The number of halogens is 1. The monoisotopic (exact) mass is 478 g/mol. The molecule has 0 aliphatic rings. The third-order valence-electron chi connectivity index (χ3n) is 3.69. The van der Waals surface area contributed by atoms with Crippen molar-refractivity contribution in [2.24, 2.45) is 0 Å². The second kappa shape index (κ2) is 13.4. The average molecular weight is 479 g/mol. The summed E-state index contributed by atoms with van der Waals surface area (Å²) < 4.78 is 18.5. The van der Waals surface area contributed by atoms with Crippen LogP contribution in [0.2, 0.25) is 5.02 Å². The summed E-state index contributed by atoms with van der Waals surface area (Å²) in [6, 6.07) is 12.5. The third-order valence-corrected chi connectivity index (χ3v) is 5.37. The van der Waals surface area contributed by atoms with E-state index in [0.717, 1.165) is 5.56 Å². The van der Waals surface area contributed by atoms with Gasteiger partial charge in [0.15, 0.2) is 10.6 Å². The number of carbonyl (C=O) groups is 2. The zero-order valence-corrected chi connectivity index (χ0v) is 19.3. The number of carboxylic acids is 2. The first kappa shape index (κ1) is 27.0. The van der Waals surface area contributed by atoms with Gasteiger partial charge in [-0.05, 0) is 50.4 Å². The van der Waals surface area contributed by atoms with E-state index in [1.807, 2.05) is 38.1 Å². The molecule has 0 heterocycles. The zero-order valence-electron chi connectivity index (χ0n) is 17.7. The summed E-state index contributed by atoms with van der Waals surface area (Å²) in [6.07, 6.45) is 1.12. The Morgan fingerprint density at radius 1 is 1.19 bits per heavy atom. The minimum Gasteiger partial charge on any atom is -0.611 e. The van der Waals surface area contributed by atoms with Crippen LogP contribution in [0.4, 0.5) is 0 Å². The summed E-state index contributed by atoms with van der Waals surface area (Å²) in [5.74, 6) is -1.17. The fourth-order valence-corrected chi connectivity index (χ4v) is 3.65. The van der Waals surface area contributed by atoms with Gasteiger partial charge in [0.25, 0.3) is 0 Å². The fourth-order valence-electron chi connectivity index (χ4n) is 2.44. The predicted molar refractivity (Wildman–Crippen MR) is 121 cm³/mol. The molecule has 0 saturated heterocycles. The number of hydrogen-bond acceptors (Lipinski definition) is 6. The molecule has 8 nitrogen and oxygen atoms in total. The molecule has 0 radical (unpaired) electrons. The van der Waals surface area contributed by atoms with Gasteiger partial charge < -0.3 is 24.4 Å². The van der Waals surface area contributed by atoms with Gasteiger partial charge >= 0.3 is 11.9 Å². The summed E-state index contributed by atoms with van der Waals surface area (Å²) in [6.45, 7) is 2.52. The molecule has 0 spiro atoms. The number of nitrogens with zero attached hydrogens (tertiary/aromatic N) is 2. The van der Waals surface area contributed by atoms with Crippen molar-refractivity contribution in [2.75, 3.05) is 19.8 Å². The van der Waals surface area contributed by atoms with Crippen LogP contribution in [0, 0.1) is 11.3 Å². The van der Waals surface area contributed by atoms with Gasteiger partial charge in [-0.15, -0.1) is 0 Å². The number of hydrogen-bond donors (Lipinski definition) is 2. The molecule has 0 aliphatic heterocycles. The molecule has 1 atom stereocenters. The van der Waals surface area contributed by atoms with Crippen molar-refractivity contribution in [1.29, 1.82) is 5.26 Å². The molecular formula is C22H23ClN2O6S. The third kappa shape index (κ3) is 8.99. The number of rotatable bonds is 8. The average Bonchev–Trinajstić information content (AvgIpc) is 2.72. The first-order valence-electron chi connectivity index (χ1n) is 9.25. The molecule has 2 aromatic rings. The van der Waals surface area contributed by atoms with Gasteiger partial charge in [-0.3, -0.25) is 0 Å². The van der Waals surface area contributed by atoms with E-state index in [1.54, 1.807) is 24.3 Å². The highest BCUT2D eigenvalue weighted by molar-refractivity contribution is 7.91. The van der Waals surface area contributed by atoms with Crippen LogP contribution in [0.3, 0.4) is 0 Å². The summed E-state index contributed by atoms with van der Waals surface area (Å²) >= 11 is 4.83. The molecular weight excluding hydrogens is 456 g/mol. The lowest BCUT2D eigenvalue weighted by Gasteiger charge is -2.19. The first-order chi connectivity index (χ1) is 15.1. The van der Waals surface area contributed by atoms with Crippen LogP contribution in [0.15, 0.2) is 53.4 Å². The van der Waals surface area contributed by atoms with Crippen molar-refractivity contribution >= 4 is 34.7 Å². The van der Waals surface area contributed by atoms with Crippen molar-refractivity contribution in [1.82, 2.24) is 4.90 Å². The molecule has 2 rings (SSSR count). The normalized spacial score (nSPS) is 11.4. The van der Waals surface area contributed by atoms with Gasteiger partial charge in [0.1, 0.15) is 17.6 Å². The molecule has 2 aromatic carbocycles. The van der Waals surface area contributed by atoms with E-state index in [0.29, 0.717) is 51.4 Å². The summed E-state index contributed by atoms with van der Waals surface area (Å²) in [5, 5.41) is 25.3. The molecule has 0 aliphatic carbocycles. The van der Waals surface area contributed by atoms with Crippen molar-refractivity contribution in [3.63, 3.8) is 0 Å². The molecule has 2 N–H and O–H groups in total. The SMILES string of the molecule is CC[S+]([O-])c1c(CN(C)C)cccc1Oc1cc(Cl)ccc1C#N.O=C(O)/C=C/C(=O)O. The summed E-state index contributed by atoms with van der Waals surface area (Å²) in [5.41, 5.74) is 1.32.